The monoisotopic (exact) mass is 439 g/mol. The Labute approximate surface area is 192 Å². The van der Waals surface area contributed by atoms with Crippen LogP contribution in [0.25, 0.3) is 5.76 Å². The summed E-state index contributed by atoms with van der Waals surface area (Å²) in [5.41, 5.74) is 4.11. The zero-order chi connectivity index (χ0) is 23.2. The van der Waals surface area contributed by atoms with Gasteiger partial charge in [-0.25, -0.2) is 0 Å². The van der Waals surface area contributed by atoms with Crippen molar-refractivity contribution in [3.8, 4) is 11.8 Å². The number of likely N-dealkylation sites (tertiary alicyclic amines) is 1. The molecule has 0 aliphatic carbocycles. The quantitative estimate of drug-likeness (QED) is 0.352. The second kappa shape index (κ2) is 9.88. The van der Waals surface area contributed by atoms with Crippen LogP contribution in [-0.2, 0) is 6.54 Å². The molecule has 3 N–H and O–H groups in total. The van der Waals surface area contributed by atoms with E-state index in [1.807, 2.05) is 61.5 Å². The lowest BCUT2D eigenvalue weighted by molar-refractivity contribution is 0.0577. The lowest BCUT2D eigenvalue weighted by Crippen LogP contribution is -2.49. The number of aromatic amines is 1. The standard InChI is InChI=1S/C26H25N5O2/c1-18-23(26(32)31-16-20(13-28)17-31)15-30-25(18)24(11-12-27)33-22-9-7-19(8-10-22)14-29-21-5-3-2-4-6-21/h2-12,15,20,27,29-30H,14,16-17H2,1H3/b24-11+,27-12?. The van der Waals surface area contributed by atoms with Crippen LogP contribution in [-0.4, -0.2) is 35.1 Å². The fourth-order valence-corrected chi connectivity index (χ4v) is 3.68. The second-order valence-corrected chi connectivity index (χ2v) is 7.90. The average molecular weight is 440 g/mol. The van der Waals surface area contributed by atoms with Crippen LogP contribution < -0.4 is 10.1 Å². The highest BCUT2D eigenvalue weighted by Crippen LogP contribution is 2.27. The molecule has 1 aromatic heterocycles. The van der Waals surface area contributed by atoms with Crippen LogP contribution in [0.3, 0.4) is 0 Å². The Kier molecular flexibility index (Phi) is 6.56. The van der Waals surface area contributed by atoms with Crippen molar-refractivity contribution < 1.29 is 9.53 Å². The molecule has 7 heteroatoms. The van der Waals surface area contributed by atoms with Crippen molar-refractivity contribution in [1.29, 1.82) is 10.7 Å². The van der Waals surface area contributed by atoms with Gasteiger partial charge in [-0.15, -0.1) is 0 Å². The van der Waals surface area contributed by atoms with E-state index in [-0.39, 0.29) is 11.8 Å². The van der Waals surface area contributed by atoms with E-state index in [4.69, 9.17) is 15.4 Å². The van der Waals surface area contributed by atoms with Gasteiger partial charge < -0.3 is 25.3 Å². The maximum Gasteiger partial charge on any atom is 0.255 e. The number of nitriles is 1. The molecule has 3 aromatic rings. The number of aromatic nitrogens is 1. The summed E-state index contributed by atoms with van der Waals surface area (Å²) in [7, 11) is 0. The Hall–Kier alpha value is -4.31. The molecule has 4 rings (SSSR count). The first kappa shape index (κ1) is 21.9. The topological polar surface area (TPSA) is 105 Å². The fourth-order valence-electron chi connectivity index (χ4n) is 3.68. The maximum absolute atomic E-state index is 12.7. The van der Waals surface area contributed by atoms with E-state index in [1.165, 1.54) is 0 Å². The van der Waals surface area contributed by atoms with Gasteiger partial charge in [-0.05, 0) is 42.3 Å². The van der Waals surface area contributed by atoms with Crippen LogP contribution >= 0.6 is 0 Å². The Balaban J connectivity index is 1.44. The molecule has 0 bridgehead atoms. The molecule has 2 heterocycles. The molecule has 1 saturated heterocycles. The van der Waals surface area contributed by atoms with Gasteiger partial charge in [0.1, 0.15) is 5.75 Å². The largest absolute Gasteiger partial charge is 0.455 e. The Morgan fingerprint density at radius 3 is 2.64 bits per heavy atom. The van der Waals surface area contributed by atoms with E-state index < -0.39 is 0 Å². The molecule has 166 valence electrons. The molecular weight excluding hydrogens is 414 g/mol. The Bertz CT molecular complexity index is 1200. The summed E-state index contributed by atoms with van der Waals surface area (Å²) < 4.78 is 6.06. The van der Waals surface area contributed by atoms with Crippen molar-refractivity contribution in [3.63, 3.8) is 0 Å². The van der Waals surface area contributed by atoms with E-state index in [2.05, 4.69) is 16.4 Å². The van der Waals surface area contributed by atoms with E-state index in [1.54, 1.807) is 17.2 Å². The molecule has 0 saturated carbocycles. The molecule has 7 nitrogen and oxygen atoms in total. The minimum absolute atomic E-state index is 0.0877. The number of H-pyrrole nitrogens is 1. The van der Waals surface area contributed by atoms with Crippen molar-refractivity contribution in [2.75, 3.05) is 18.4 Å². The Morgan fingerprint density at radius 1 is 1.24 bits per heavy atom. The van der Waals surface area contributed by atoms with E-state index in [9.17, 15) is 4.79 Å². The minimum atomic E-state index is -0.106. The molecule has 33 heavy (non-hydrogen) atoms. The third-order valence-electron chi connectivity index (χ3n) is 5.62. The molecule has 0 unspecified atom stereocenters. The van der Waals surface area contributed by atoms with E-state index >= 15 is 0 Å². The third-order valence-corrected chi connectivity index (χ3v) is 5.62. The van der Waals surface area contributed by atoms with Crippen molar-refractivity contribution >= 4 is 23.6 Å². The van der Waals surface area contributed by atoms with Gasteiger partial charge in [0.25, 0.3) is 5.91 Å². The van der Waals surface area contributed by atoms with Gasteiger partial charge >= 0.3 is 0 Å². The first-order valence-corrected chi connectivity index (χ1v) is 10.7. The number of benzene rings is 2. The van der Waals surface area contributed by atoms with E-state index in [0.717, 1.165) is 23.0 Å². The first-order valence-electron chi connectivity index (χ1n) is 10.7. The van der Waals surface area contributed by atoms with Crippen molar-refractivity contribution in [1.82, 2.24) is 9.88 Å². The van der Waals surface area contributed by atoms with Gasteiger partial charge in [0, 0.05) is 43.8 Å². The summed E-state index contributed by atoms with van der Waals surface area (Å²) in [5, 5.41) is 19.8. The summed E-state index contributed by atoms with van der Waals surface area (Å²) >= 11 is 0. The number of nitrogens with zero attached hydrogens (tertiary/aromatic N) is 2. The highest BCUT2D eigenvalue weighted by molar-refractivity contribution is 5.97. The van der Waals surface area contributed by atoms with Crippen LogP contribution in [0.2, 0.25) is 0 Å². The van der Waals surface area contributed by atoms with Crippen LogP contribution in [0, 0.1) is 29.6 Å². The number of anilines is 1. The summed E-state index contributed by atoms with van der Waals surface area (Å²) in [4.78, 5) is 17.5. The van der Waals surface area contributed by atoms with Crippen LogP contribution in [0.15, 0.2) is 66.9 Å². The summed E-state index contributed by atoms with van der Waals surface area (Å²) in [6.07, 6.45) is 4.36. The predicted molar refractivity (Wildman–Crippen MR) is 128 cm³/mol. The number of allylic oxidation sites excluding steroid dienone is 1. The van der Waals surface area contributed by atoms with Gasteiger partial charge in [-0.2, -0.15) is 5.26 Å². The van der Waals surface area contributed by atoms with Gasteiger partial charge in [0.15, 0.2) is 5.76 Å². The van der Waals surface area contributed by atoms with Crippen molar-refractivity contribution in [2.45, 2.75) is 13.5 Å². The highest BCUT2D eigenvalue weighted by Gasteiger charge is 2.32. The number of nitrogens with one attached hydrogen (secondary N) is 3. The number of ether oxygens (including phenoxy) is 1. The smallest absolute Gasteiger partial charge is 0.255 e. The van der Waals surface area contributed by atoms with Crippen LogP contribution in [0.4, 0.5) is 5.69 Å². The second-order valence-electron chi connectivity index (χ2n) is 7.90. The zero-order valence-electron chi connectivity index (χ0n) is 18.3. The van der Waals surface area contributed by atoms with E-state index in [0.29, 0.717) is 42.4 Å². The van der Waals surface area contributed by atoms with Gasteiger partial charge in [0.2, 0.25) is 0 Å². The maximum atomic E-state index is 12.7. The highest BCUT2D eigenvalue weighted by atomic mass is 16.5. The van der Waals surface area contributed by atoms with Gasteiger partial charge in [-0.1, -0.05) is 30.3 Å². The average Bonchev–Trinajstić information content (AvgIpc) is 3.19. The molecule has 2 aromatic carbocycles. The van der Waals surface area contributed by atoms with Gasteiger partial charge in [0.05, 0.1) is 23.2 Å². The Morgan fingerprint density at radius 2 is 1.97 bits per heavy atom. The normalized spacial score (nSPS) is 13.7. The number of rotatable bonds is 8. The SMILES string of the molecule is Cc1c(C(=O)N2CC(C#N)C2)c[nH]c1/C(=C\C=N)Oc1ccc(CNc2ccccc2)cc1. The number of carbonyl (C=O) groups excluding carboxylic acids is 1. The minimum Gasteiger partial charge on any atom is -0.455 e. The molecular formula is C26H25N5O2. The number of hydrogen-bond acceptors (Lipinski definition) is 5. The lowest BCUT2D eigenvalue weighted by Gasteiger charge is -2.35. The summed E-state index contributed by atoms with van der Waals surface area (Å²) in [6, 6.07) is 19.9. The van der Waals surface area contributed by atoms with Crippen molar-refractivity contribution in [3.05, 3.63) is 89.3 Å². The van der Waals surface area contributed by atoms with Crippen LogP contribution in [0.1, 0.15) is 27.2 Å². The van der Waals surface area contributed by atoms with Crippen LogP contribution in [0.5, 0.6) is 5.75 Å². The molecule has 1 aliphatic heterocycles. The van der Waals surface area contributed by atoms with Gasteiger partial charge in [-0.3, -0.25) is 4.79 Å². The number of amides is 1. The summed E-state index contributed by atoms with van der Waals surface area (Å²) in [5.74, 6) is 0.893. The molecule has 0 atom stereocenters. The third kappa shape index (κ3) is 4.96. The molecule has 1 fully saturated rings. The molecule has 0 radical (unpaired) electrons. The molecule has 0 spiro atoms. The number of hydrogen-bond donors (Lipinski definition) is 3. The summed E-state index contributed by atoms with van der Waals surface area (Å²) in [6.45, 7) is 3.46. The molecule has 1 amide bonds. The number of carbonyl (C=O) groups is 1. The number of para-hydroxylation sites is 1. The predicted octanol–water partition coefficient (Wildman–Crippen LogP) is 4.60. The zero-order valence-corrected chi connectivity index (χ0v) is 18.3. The lowest BCUT2D eigenvalue weighted by atomic mass is 10.00. The van der Waals surface area contributed by atoms with Crippen molar-refractivity contribution in [2.24, 2.45) is 5.92 Å². The first-order chi connectivity index (χ1) is 16.1. The fraction of sp³-hybridized carbons (Fsp3) is 0.192. The molecule has 1 aliphatic rings.